The summed E-state index contributed by atoms with van der Waals surface area (Å²) in [6.45, 7) is 1.86. The normalized spacial score (nSPS) is 21.8. The fraction of sp³-hybridized carbons (Fsp3) is 0.393. The minimum atomic E-state index is -4.02. The number of halogens is 6. The first kappa shape index (κ1) is 71.7. The molecule has 30 heteroatoms. The van der Waals surface area contributed by atoms with Gasteiger partial charge >= 0.3 is 0 Å². The zero-order valence-corrected chi connectivity index (χ0v) is 53.5. The summed E-state index contributed by atoms with van der Waals surface area (Å²) in [6.07, 6.45) is 12.8. The van der Waals surface area contributed by atoms with Crippen LogP contribution in [0.5, 0.6) is 0 Å². The third-order valence-electron chi connectivity index (χ3n) is 14.6. The number of anilines is 3. The van der Waals surface area contributed by atoms with Gasteiger partial charge in [-0.2, -0.15) is 4.98 Å². The summed E-state index contributed by atoms with van der Waals surface area (Å²) in [7, 11) is 0.625. The number of rotatable bonds is 13. The van der Waals surface area contributed by atoms with Crippen LogP contribution >= 0.6 is 34.8 Å². The molecule has 21 nitrogen and oxygen atoms in total. The zero-order chi connectivity index (χ0) is 58.4. The van der Waals surface area contributed by atoms with E-state index < -0.39 is 51.8 Å². The molecule has 472 valence electrons. The minimum absolute atomic E-state index is 0. The first-order valence-corrected chi connectivity index (χ1v) is 28.7. The molecular formula is C56H65Cl3F3N13O8Pd2S-2. The van der Waals surface area contributed by atoms with Crippen LogP contribution in [0.1, 0.15) is 63.4 Å². The quantitative estimate of drug-likeness (QED) is 0.0321. The maximum Gasteiger partial charge on any atom is 0.269 e. The molecule has 0 radical (unpaired) electrons. The Labute approximate surface area is 538 Å². The Hall–Kier alpha value is -5.07. The van der Waals surface area contributed by atoms with Crippen LogP contribution in [-0.2, 0) is 65.1 Å². The van der Waals surface area contributed by atoms with Crippen molar-refractivity contribution in [3.05, 3.63) is 133 Å². The fourth-order valence-electron chi connectivity index (χ4n) is 10.2. The van der Waals surface area contributed by atoms with Gasteiger partial charge in [0.25, 0.3) is 10.0 Å². The molecule has 3 aliphatic rings. The Balaban J connectivity index is 0.000000244. The molecule has 2 unspecified atom stereocenters. The van der Waals surface area contributed by atoms with Gasteiger partial charge in [0.2, 0.25) is 5.28 Å². The average Bonchev–Trinajstić information content (AvgIpc) is 1.73. The zero-order valence-electron chi connectivity index (χ0n) is 47.3. The van der Waals surface area contributed by atoms with E-state index in [-0.39, 0.29) is 130 Å². The van der Waals surface area contributed by atoms with E-state index in [1.54, 1.807) is 50.9 Å². The molecular weight excluding hydrogens is 1390 g/mol. The maximum absolute atomic E-state index is 14.7. The second-order valence-electron chi connectivity index (χ2n) is 19.9. The number of aliphatic hydroxyl groups is 3. The Morgan fingerprint density at radius 2 is 1.02 bits per heavy atom. The van der Waals surface area contributed by atoms with Crippen molar-refractivity contribution in [1.29, 1.82) is 0 Å². The van der Waals surface area contributed by atoms with E-state index >= 15 is 0 Å². The average molecular weight is 1460 g/mol. The van der Waals surface area contributed by atoms with Gasteiger partial charge < -0.3 is 65.3 Å². The number of aromatic amines is 1. The molecule has 0 bridgehead atoms. The Bertz CT molecular complexity index is 3650. The van der Waals surface area contributed by atoms with Crippen LogP contribution in [0.15, 0.2) is 84.7 Å². The first-order valence-electron chi connectivity index (χ1n) is 26.1. The fourth-order valence-corrected chi connectivity index (χ4v) is 12.0. The molecule has 3 saturated carbocycles. The number of fused-ring (bicyclic) bond motifs is 2. The summed E-state index contributed by atoms with van der Waals surface area (Å²) < 4.78 is 86.4. The number of benzene rings is 1. The van der Waals surface area contributed by atoms with Gasteiger partial charge in [-0.25, -0.2) is 60.4 Å². The van der Waals surface area contributed by atoms with Gasteiger partial charge in [-0.05, 0) is 101 Å². The number of aryl methyl sites for hydroxylation is 1. The summed E-state index contributed by atoms with van der Waals surface area (Å²) in [6, 6.07) is 8.64. The number of hydrogen-bond donors (Lipinski definition) is 7. The molecule has 8 aromatic rings. The second kappa shape index (κ2) is 31.9. The van der Waals surface area contributed by atoms with Crippen LogP contribution in [0.2, 0.25) is 15.3 Å². The molecule has 0 spiro atoms. The largest absolute Gasteiger partial charge is 0.388 e. The molecule has 9 atom stereocenters. The van der Waals surface area contributed by atoms with Crippen molar-refractivity contribution in [3.8, 4) is 22.8 Å². The van der Waals surface area contributed by atoms with Gasteiger partial charge in [0.1, 0.15) is 24.0 Å². The van der Waals surface area contributed by atoms with E-state index in [1.807, 2.05) is 6.92 Å². The summed E-state index contributed by atoms with van der Waals surface area (Å²) in [5, 5.41) is 41.8. The standard InChI is InChI=1S/C25H25ClFN5O4S.C18H19ClFN5O2.C11H15ClFN3O2.2CH3.2Pd/c1-14-6-8-16(9-7-14)37(34,35)32-13-18(17-10-15(26)11-29-25(17)32)23-28-12-19(27)24(31-23)30-20-4-3-5-21(36-2)22(20)33;1-27-14-4-2-3-13(15(14)26)24-18-12(20)8-23-17(25-18)11-7-22-16-10(11)5-9(19)6-21-16;1-18-8-4-2-3-7(9(8)17)15-10-6(13)5-14-11(12)16-10;;;;/h6-13,20-22,33H,3-5H2,1-2H3,(H,28,30,31);5-8,13-15,26H,2-4H2,1H3,(H,21,22)(H,23,24,25);5,7-9,17H,2-4H2,1H3,(H,14,15,16);2*1H3;;/q;;;2*-1;;/t20?,21-,22-;13?,14-,15-;7-,8+,9+;;;;/m110..../s1. The van der Waals surface area contributed by atoms with Gasteiger partial charge in [-0.3, -0.25) is 0 Å². The number of pyridine rings is 2. The van der Waals surface area contributed by atoms with Crippen LogP contribution in [0.3, 0.4) is 0 Å². The molecule has 0 aliphatic heterocycles. The number of nitrogens with zero attached hydrogens (tertiary/aromatic N) is 9. The summed E-state index contributed by atoms with van der Waals surface area (Å²) in [5.74, 6) is -1.52. The predicted molar refractivity (Wildman–Crippen MR) is 316 cm³/mol. The molecule has 86 heavy (non-hydrogen) atoms. The number of nitrogens with one attached hydrogen (secondary N) is 4. The van der Waals surface area contributed by atoms with Crippen molar-refractivity contribution in [2.75, 3.05) is 37.3 Å². The molecule has 7 heterocycles. The summed E-state index contributed by atoms with van der Waals surface area (Å²) in [4.78, 5) is 35.8. The number of hydrogen-bond acceptors (Lipinski definition) is 19. The smallest absolute Gasteiger partial charge is 0.269 e. The molecule has 0 saturated heterocycles. The van der Waals surface area contributed by atoms with E-state index in [0.717, 1.165) is 72.0 Å². The molecule has 0 amide bonds. The number of aromatic nitrogens is 10. The van der Waals surface area contributed by atoms with Gasteiger partial charge in [-0.15, -0.1) is 0 Å². The molecule has 3 aliphatic carbocycles. The van der Waals surface area contributed by atoms with Crippen molar-refractivity contribution in [1.82, 2.24) is 48.8 Å². The number of H-pyrrole nitrogens is 1. The van der Waals surface area contributed by atoms with Crippen LogP contribution in [-0.4, -0.2) is 149 Å². The second-order valence-corrected chi connectivity index (χ2v) is 22.9. The van der Waals surface area contributed by atoms with Crippen molar-refractivity contribution in [2.45, 2.75) is 124 Å². The molecule has 1 aromatic carbocycles. The van der Waals surface area contributed by atoms with Gasteiger partial charge in [0, 0.05) is 109 Å². The first-order chi connectivity index (χ1) is 39.4. The van der Waals surface area contributed by atoms with Gasteiger partial charge in [-0.1, -0.05) is 40.9 Å². The summed E-state index contributed by atoms with van der Waals surface area (Å²) in [5.41, 5.74) is 2.67. The van der Waals surface area contributed by atoms with Crippen LogP contribution in [0.4, 0.5) is 30.6 Å². The monoisotopic (exact) mass is 1450 g/mol. The van der Waals surface area contributed by atoms with E-state index in [9.17, 15) is 36.9 Å². The van der Waals surface area contributed by atoms with E-state index in [0.29, 0.717) is 52.3 Å². The maximum atomic E-state index is 14.7. The summed E-state index contributed by atoms with van der Waals surface area (Å²) >= 11 is 17.8. The van der Waals surface area contributed by atoms with Crippen molar-refractivity contribution in [3.63, 3.8) is 0 Å². The molecule has 7 N–H and O–H groups in total. The predicted octanol–water partition coefficient (Wildman–Crippen LogP) is 9.83. The van der Waals surface area contributed by atoms with Crippen LogP contribution < -0.4 is 16.0 Å². The minimum Gasteiger partial charge on any atom is -0.388 e. The Morgan fingerprint density at radius 3 is 1.50 bits per heavy atom. The van der Waals surface area contributed by atoms with Crippen LogP contribution in [0.25, 0.3) is 44.8 Å². The van der Waals surface area contributed by atoms with E-state index in [4.69, 9.17) is 49.0 Å². The topological polar surface area (TPSA) is 282 Å². The third-order valence-corrected chi connectivity index (χ3v) is 16.9. The number of aliphatic hydroxyl groups excluding tert-OH is 3. The van der Waals surface area contributed by atoms with Crippen LogP contribution in [0, 0.1) is 39.2 Å². The number of ether oxygens (including phenoxy) is 3. The van der Waals surface area contributed by atoms with Crippen molar-refractivity contribution in [2.24, 2.45) is 0 Å². The number of methoxy groups -OCH3 is 3. The van der Waals surface area contributed by atoms with Crippen molar-refractivity contribution < 1.29 is 92.0 Å². The molecule has 11 rings (SSSR count). The van der Waals surface area contributed by atoms with Gasteiger partial charge in [0.05, 0.1) is 70.0 Å². The van der Waals surface area contributed by atoms with E-state index in [1.165, 1.54) is 31.6 Å². The SMILES string of the molecule is CO[C@@H]1CCCC(Nc2nc(-c3c[nH]c4ncc(Cl)cc34)ncc2F)[C@H]1O.CO[C@@H]1CCCC(Nc2nc(-c3cn(S(=O)(=O)c4ccc(C)cc4)c4ncc(Cl)cc34)ncc2F)[C@H]1O.CO[C@@H]1CCC[C@H](Nc2nc(Cl)ncc2F)[C@H]1O.[CH3-].[CH3-].[Pd].[Pd]. The Morgan fingerprint density at radius 1 is 0.593 bits per heavy atom. The third kappa shape index (κ3) is 16.4. The van der Waals surface area contributed by atoms with Gasteiger partial charge in [0.15, 0.2) is 52.2 Å². The van der Waals surface area contributed by atoms with E-state index in [2.05, 4.69) is 60.8 Å². The molecule has 3 fully saturated rings. The van der Waals surface area contributed by atoms with Crippen molar-refractivity contribution >= 4 is 84.3 Å². The molecule has 7 aromatic heterocycles. The Kier molecular flexibility index (Phi) is 26.6.